The van der Waals surface area contributed by atoms with Gasteiger partial charge in [0.2, 0.25) is 11.8 Å². The molecule has 4 N–H and O–H groups in total. The zero-order chi connectivity index (χ0) is 12.0. The van der Waals surface area contributed by atoms with E-state index < -0.39 is 11.9 Å². The summed E-state index contributed by atoms with van der Waals surface area (Å²) in [5.41, 5.74) is 5.92. The zero-order valence-corrected chi connectivity index (χ0v) is 10.3. The predicted molar refractivity (Wildman–Crippen MR) is 67.7 cm³/mol. The molecule has 0 saturated heterocycles. The van der Waals surface area contributed by atoms with Gasteiger partial charge in [0, 0.05) is 0 Å². The van der Waals surface area contributed by atoms with E-state index in [1.165, 1.54) is 0 Å². The van der Waals surface area contributed by atoms with Crippen molar-refractivity contribution < 1.29 is 9.59 Å². The van der Waals surface area contributed by atoms with Gasteiger partial charge >= 0.3 is 0 Å². The number of carbonyl (C=O) groups is 2. The number of likely N-dealkylation sites (N-methyl/N-ethyl adjacent to an activating group) is 1. The van der Waals surface area contributed by atoms with E-state index >= 15 is 0 Å². The summed E-state index contributed by atoms with van der Waals surface area (Å²) in [5.74, 6) is -0.842. The van der Waals surface area contributed by atoms with E-state index in [9.17, 15) is 9.59 Å². The van der Waals surface area contributed by atoms with E-state index in [0.717, 1.165) is 0 Å². The lowest BCUT2D eigenvalue weighted by molar-refractivity contribution is -0.127. The van der Waals surface area contributed by atoms with Crippen LogP contribution in [0.4, 0.5) is 0 Å². The molecule has 94 valence electrons. The van der Waals surface area contributed by atoms with Gasteiger partial charge in [0.15, 0.2) is 0 Å². The Hall–Kier alpha value is -1.59. The molecule has 0 saturated carbocycles. The first-order valence-corrected chi connectivity index (χ1v) is 4.93. The topological polar surface area (TPSA) is 84.2 Å². The van der Waals surface area contributed by atoms with Crippen LogP contribution in [0.5, 0.6) is 0 Å². The molecule has 0 bridgehead atoms. The fraction of sp³-hybridized carbons (Fsp3) is 0.273. The van der Waals surface area contributed by atoms with E-state index in [4.69, 9.17) is 5.73 Å². The summed E-state index contributed by atoms with van der Waals surface area (Å²) >= 11 is 0. The molecule has 0 radical (unpaired) electrons. The lowest BCUT2D eigenvalue weighted by Gasteiger charge is -2.15. The molecule has 1 rings (SSSR count). The minimum Gasteiger partial charge on any atom is -0.368 e. The summed E-state index contributed by atoms with van der Waals surface area (Å²) in [4.78, 5) is 22.6. The van der Waals surface area contributed by atoms with Crippen molar-refractivity contribution in [1.82, 2.24) is 10.6 Å². The molecule has 0 fully saturated rings. The molecule has 0 aliphatic rings. The highest BCUT2D eigenvalue weighted by Crippen LogP contribution is 2.11. The molecular weight excluding hydrogens is 242 g/mol. The Bertz CT molecular complexity index is 370. The average Bonchev–Trinajstić information content (AvgIpc) is 2.27. The van der Waals surface area contributed by atoms with Crippen molar-refractivity contribution in [3.05, 3.63) is 35.9 Å². The summed E-state index contributed by atoms with van der Waals surface area (Å²) < 4.78 is 0. The monoisotopic (exact) mass is 257 g/mol. The molecule has 6 heteroatoms. The van der Waals surface area contributed by atoms with Crippen LogP contribution in [0.3, 0.4) is 0 Å². The van der Waals surface area contributed by atoms with Crippen LogP contribution in [0, 0.1) is 0 Å². The molecule has 1 aromatic rings. The van der Waals surface area contributed by atoms with E-state index in [0.29, 0.717) is 5.56 Å². The van der Waals surface area contributed by atoms with E-state index in [1.807, 2.05) is 6.07 Å². The van der Waals surface area contributed by atoms with Crippen LogP contribution in [0.25, 0.3) is 0 Å². The van der Waals surface area contributed by atoms with Crippen molar-refractivity contribution in [2.24, 2.45) is 5.73 Å². The molecule has 0 aliphatic heterocycles. The summed E-state index contributed by atoms with van der Waals surface area (Å²) in [5, 5.41) is 5.26. The van der Waals surface area contributed by atoms with Gasteiger partial charge < -0.3 is 16.4 Å². The highest BCUT2D eigenvalue weighted by molar-refractivity contribution is 5.88. The third kappa shape index (κ3) is 4.84. The van der Waals surface area contributed by atoms with Gasteiger partial charge in [-0.2, -0.15) is 0 Å². The second-order valence-corrected chi connectivity index (χ2v) is 3.34. The Morgan fingerprint density at radius 1 is 1.29 bits per heavy atom. The lowest BCUT2D eigenvalue weighted by atomic mass is 10.1. The van der Waals surface area contributed by atoms with Gasteiger partial charge in [0.05, 0.1) is 6.54 Å². The minimum absolute atomic E-state index is 0. The standard InChI is InChI=1S/C11H15N3O2.ClH/c1-13-7-9(15)14-10(11(12)16)8-5-3-2-4-6-8;/h2-6,10,13H,7H2,1H3,(H2,12,16)(H,14,15);1H. The highest BCUT2D eigenvalue weighted by Gasteiger charge is 2.19. The maximum absolute atomic E-state index is 11.3. The van der Waals surface area contributed by atoms with Crippen LogP contribution >= 0.6 is 12.4 Å². The first-order valence-electron chi connectivity index (χ1n) is 4.93. The number of hydrogen-bond donors (Lipinski definition) is 3. The second-order valence-electron chi connectivity index (χ2n) is 3.34. The highest BCUT2D eigenvalue weighted by atomic mass is 35.5. The summed E-state index contributed by atoms with van der Waals surface area (Å²) in [6.07, 6.45) is 0. The van der Waals surface area contributed by atoms with Crippen LogP contribution in [0.15, 0.2) is 30.3 Å². The maximum atomic E-state index is 11.3. The summed E-state index contributed by atoms with van der Waals surface area (Å²) in [6.45, 7) is 0.149. The van der Waals surface area contributed by atoms with Crippen LogP contribution in [0.2, 0.25) is 0 Å². The third-order valence-corrected chi connectivity index (χ3v) is 2.06. The van der Waals surface area contributed by atoms with E-state index in [2.05, 4.69) is 10.6 Å². The lowest BCUT2D eigenvalue weighted by Crippen LogP contribution is -2.40. The number of rotatable bonds is 5. The van der Waals surface area contributed by atoms with Gasteiger partial charge in [0.25, 0.3) is 0 Å². The molecule has 1 atom stereocenters. The largest absolute Gasteiger partial charge is 0.368 e. The van der Waals surface area contributed by atoms with Gasteiger partial charge in [-0.1, -0.05) is 30.3 Å². The molecule has 1 unspecified atom stereocenters. The van der Waals surface area contributed by atoms with Crippen molar-refractivity contribution in [3.63, 3.8) is 0 Å². The van der Waals surface area contributed by atoms with E-state index in [-0.39, 0.29) is 24.9 Å². The quantitative estimate of drug-likeness (QED) is 0.693. The number of primary amides is 1. The molecule has 5 nitrogen and oxygen atoms in total. The van der Waals surface area contributed by atoms with Crippen LogP contribution in [-0.4, -0.2) is 25.4 Å². The zero-order valence-electron chi connectivity index (χ0n) is 9.47. The van der Waals surface area contributed by atoms with Gasteiger partial charge in [-0.05, 0) is 12.6 Å². The Kier molecular flexibility index (Phi) is 6.93. The summed E-state index contributed by atoms with van der Waals surface area (Å²) in [6, 6.07) is 8.12. The molecule has 0 aromatic heterocycles. The number of nitrogens with two attached hydrogens (primary N) is 1. The second kappa shape index (κ2) is 7.65. The summed E-state index contributed by atoms with van der Waals surface area (Å²) in [7, 11) is 1.65. The van der Waals surface area contributed by atoms with Gasteiger partial charge in [0.1, 0.15) is 6.04 Å². The molecule has 17 heavy (non-hydrogen) atoms. The Morgan fingerprint density at radius 3 is 2.35 bits per heavy atom. The van der Waals surface area contributed by atoms with Crippen molar-refractivity contribution in [2.45, 2.75) is 6.04 Å². The first kappa shape index (κ1) is 15.4. The van der Waals surface area contributed by atoms with Crippen molar-refractivity contribution in [2.75, 3.05) is 13.6 Å². The molecule has 1 aromatic carbocycles. The van der Waals surface area contributed by atoms with Crippen LogP contribution in [-0.2, 0) is 9.59 Å². The Morgan fingerprint density at radius 2 is 1.88 bits per heavy atom. The Labute approximate surface area is 106 Å². The molecule has 2 amide bonds. The first-order chi connectivity index (χ1) is 7.65. The SMILES string of the molecule is CNCC(=O)NC(C(N)=O)c1ccccc1.Cl. The smallest absolute Gasteiger partial charge is 0.244 e. The third-order valence-electron chi connectivity index (χ3n) is 2.06. The number of benzene rings is 1. The van der Waals surface area contributed by atoms with Crippen molar-refractivity contribution >= 4 is 24.2 Å². The fourth-order valence-electron chi connectivity index (χ4n) is 1.34. The number of hydrogen-bond acceptors (Lipinski definition) is 3. The van der Waals surface area contributed by atoms with E-state index in [1.54, 1.807) is 31.3 Å². The average molecular weight is 258 g/mol. The molecule has 0 heterocycles. The van der Waals surface area contributed by atoms with Crippen LogP contribution in [0.1, 0.15) is 11.6 Å². The van der Waals surface area contributed by atoms with Gasteiger partial charge in [-0.25, -0.2) is 0 Å². The molecular formula is C11H16ClN3O2. The number of amides is 2. The number of nitrogens with one attached hydrogen (secondary N) is 2. The van der Waals surface area contributed by atoms with Gasteiger partial charge in [-0.15, -0.1) is 12.4 Å². The Balaban J connectivity index is 0.00000256. The number of carbonyl (C=O) groups excluding carboxylic acids is 2. The normalized spacial score (nSPS) is 11.1. The maximum Gasteiger partial charge on any atom is 0.244 e. The van der Waals surface area contributed by atoms with Gasteiger partial charge in [-0.3, -0.25) is 9.59 Å². The van der Waals surface area contributed by atoms with Crippen molar-refractivity contribution in [3.8, 4) is 0 Å². The van der Waals surface area contributed by atoms with Crippen molar-refractivity contribution in [1.29, 1.82) is 0 Å². The predicted octanol–water partition coefficient (Wildman–Crippen LogP) is -0.0296. The molecule has 0 aliphatic carbocycles. The number of halogens is 1. The fourth-order valence-corrected chi connectivity index (χ4v) is 1.34. The minimum atomic E-state index is -0.776. The molecule has 0 spiro atoms. The van der Waals surface area contributed by atoms with Crippen LogP contribution < -0.4 is 16.4 Å².